The Balaban J connectivity index is 0. The molecule has 0 saturated heterocycles. The number of hydrogen-bond acceptors (Lipinski definition) is 0. The van der Waals surface area contributed by atoms with E-state index in [9.17, 15) is 0 Å². The fraction of sp³-hybridized carbons (Fsp3) is 0. The van der Waals surface area contributed by atoms with Gasteiger partial charge in [-0.25, -0.2) is 0 Å². The number of halogens is 1. The van der Waals surface area contributed by atoms with Gasteiger partial charge in [0, 0.05) is 19.5 Å². The van der Waals surface area contributed by atoms with E-state index in [-0.39, 0.29) is 78.0 Å². The first kappa shape index (κ1) is 57.9. The first-order valence-electron chi connectivity index (χ1n) is 0. The van der Waals surface area contributed by atoms with Crippen LogP contribution in [0.25, 0.3) is 0 Å². The van der Waals surface area contributed by atoms with Gasteiger partial charge in [0.15, 0.2) is 0 Å². The van der Waals surface area contributed by atoms with Crippen LogP contribution >= 0.6 is 0 Å². The first-order valence-corrected chi connectivity index (χ1v) is 0. The minimum atomic E-state index is 0. The van der Waals surface area contributed by atoms with E-state index in [1.54, 1.807) is 0 Å². The van der Waals surface area contributed by atoms with Crippen molar-refractivity contribution in [2.24, 2.45) is 0 Å². The minimum absolute atomic E-state index is 0. The van der Waals surface area contributed by atoms with E-state index >= 15 is 0 Å². The summed E-state index contributed by atoms with van der Waals surface area (Å²) in [6, 6.07) is 0. The third kappa shape index (κ3) is 22.8. The average molecular weight is 130 g/mol. The molecule has 0 aromatic carbocycles. The summed E-state index contributed by atoms with van der Waals surface area (Å²) in [4.78, 5) is 0. The summed E-state index contributed by atoms with van der Waals surface area (Å²) in [5.41, 5.74) is 0. The molecule has 0 saturated carbocycles. The Bertz CT molecular complexity index is 9.61. The Morgan fingerprint density at radius 2 is 0.800 bits per heavy atom. The third-order valence-corrected chi connectivity index (χ3v) is 0. The Morgan fingerprint density at radius 3 is 0.800 bits per heavy atom. The summed E-state index contributed by atoms with van der Waals surface area (Å²) < 4.78 is 0. The van der Waals surface area contributed by atoms with Gasteiger partial charge in [-0.15, -0.1) is 0 Å². The van der Waals surface area contributed by atoms with Crippen molar-refractivity contribution in [2.75, 3.05) is 0 Å². The van der Waals surface area contributed by atoms with Gasteiger partial charge in [-0.2, -0.15) is 0 Å². The maximum atomic E-state index is 0. The zero-order valence-corrected chi connectivity index (χ0v) is 6.81. The summed E-state index contributed by atoms with van der Waals surface area (Å²) in [6.45, 7) is 0. The zero-order chi connectivity index (χ0) is 0. The molecule has 0 fully saturated rings. The summed E-state index contributed by atoms with van der Waals surface area (Å²) in [5, 5.41) is 0. The molecule has 5 heavy (non-hydrogen) atoms. The third-order valence-electron chi connectivity index (χ3n) is 0. The summed E-state index contributed by atoms with van der Waals surface area (Å²) in [6.07, 6.45) is 0. The van der Waals surface area contributed by atoms with Crippen LogP contribution in [0, 0.1) is 0 Å². The fourth-order valence-corrected chi connectivity index (χ4v) is 0. The molecule has 0 rings (SSSR count). The maximum Gasteiger partial charge on any atom is 1.00 e. The van der Waals surface area contributed by atoms with Crippen LogP contribution in [0.4, 0.5) is 0 Å². The Kier molecular flexibility index (Phi) is 405. The van der Waals surface area contributed by atoms with Crippen LogP contribution in [0.3, 0.4) is 0 Å². The van der Waals surface area contributed by atoms with Crippen LogP contribution in [0.15, 0.2) is 0 Å². The normalized spacial score (nSPS) is 0. The molecule has 0 aliphatic rings. The molecule has 0 aliphatic heterocycles. The second kappa shape index (κ2) is 35.0. The van der Waals surface area contributed by atoms with Crippen molar-refractivity contribution >= 4 is 8.41 Å². The molecule has 0 radical (unpaired) electrons. The molecule has 0 aliphatic carbocycles. The van der Waals surface area contributed by atoms with E-state index < -0.39 is 0 Å². The van der Waals surface area contributed by atoms with Gasteiger partial charge >= 0.3 is 37.7 Å². The minimum Gasteiger partial charge on any atom is -1.00 e. The molecule has 0 aromatic heterocycles. The predicted molar refractivity (Wildman–Crippen MR) is 11.3 cm³/mol. The molecule has 0 bridgehead atoms. The van der Waals surface area contributed by atoms with Gasteiger partial charge in [-0.1, -0.05) is 8.41 Å². The topological polar surface area (TPSA) is 0 Å². The summed E-state index contributed by atoms with van der Waals surface area (Å²) >= 11 is 0. The molecular formula is H4BClLi2Zn. The van der Waals surface area contributed by atoms with Crippen molar-refractivity contribution in [3.63, 3.8) is 0 Å². The summed E-state index contributed by atoms with van der Waals surface area (Å²) in [7, 11) is 0. The Hall–Kier alpha value is 2.17. The van der Waals surface area contributed by atoms with Gasteiger partial charge in [-0.05, 0) is 0 Å². The van der Waals surface area contributed by atoms with Gasteiger partial charge in [-0.3, -0.25) is 0 Å². The molecule has 0 amide bonds. The van der Waals surface area contributed by atoms with Crippen molar-refractivity contribution in [1.29, 1.82) is 0 Å². The number of rotatable bonds is 0. The number of hydrogen-bond donors (Lipinski definition) is 0. The molecule has 0 spiro atoms. The predicted octanol–water partition coefficient (Wildman–Crippen LogP) is -10.4. The Morgan fingerprint density at radius 1 is 0.800 bits per heavy atom. The van der Waals surface area contributed by atoms with E-state index in [0.29, 0.717) is 0 Å². The second-order valence-electron chi connectivity index (χ2n) is 0. The molecule has 0 N–H and O–H groups in total. The standard InChI is InChI=1S/BH4.ClH.2Li.Zn/h1H4;1H;;;/q-1;;2*+1;/p-1. The largest absolute Gasteiger partial charge is 1.00 e. The molecular weight excluding hydrogens is 126 g/mol. The zero-order valence-electron chi connectivity index (χ0n) is 3.09. The second-order valence-corrected chi connectivity index (χ2v) is 0. The van der Waals surface area contributed by atoms with Gasteiger partial charge < -0.3 is 12.4 Å². The Labute approximate surface area is 77.3 Å². The van der Waals surface area contributed by atoms with E-state index in [1.807, 2.05) is 0 Å². The van der Waals surface area contributed by atoms with Crippen molar-refractivity contribution < 1.29 is 69.6 Å². The van der Waals surface area contributed by atoms with Gasteiger partial charge in [0.05, 0.1) is 0 Å². The van der Waals surface area contributed by atoms with Crippen LogP contribution in [-0.2, 0) is 19.5 Å². The molecule has 0 aromatic rings. The van der Waals surface area contributed by atoms with Gasteiger partial charge in [0.2, 0.25) is 0 Å². The molecule has 0 heterocycles. The van der Waals surface area contributed by atoms with Crippen molar-refractivity contribution in [1.82, 2.24) is 0 Å². The van der Waals surface area contributed by atoms with Crippen LogP contribution in [-0.4, -0.2) is 8.41 Å². The molecule has 5 heteroatoms. The van der Waals surface area contributed by atoms with Crippen molar-refractivity contribution in [2.45, 2.75) is 0 Å². The monoisotopic (exact) mass is 128 g/mol. The first-order chi connectivity index (χ1) is 0. The van der Waals surface area contributed by atoms with Gasteiger partial charge in [0.1, 0.15) is 0 Å². The smallest absolute Gasteiger partial charge is 1.00 e. The maximum absolute atomic E-state index is 0. The van der Waals surface area contributed by atoms with E-state index in [0.717, 1.165) is 0 Å². The van der Waals surface area contributed by atoms with Crippen LogP contribution in [0.2, 0.25) is 0 Å². The van der Waals surface area contributed by atoms with E-state index in [1.165, 1.54) is 0 Å². The van der Waals surface area contributed by atoms with E-state index in [4.69, 9.17) is 0 Å². The average Bonchev–Trinajstić information content (AvgIpc) is 0. The summed E-state index contributed by atoms with van der Waals surface area (Å²) in [5.74, 6) is 0. The van der Waals surface area contributed by atoms with Crippen molar-refractivity contribution in [3.8, 4) is 0 Å². The van der Waals surface area contributed by atoms with Crippen LogP contribution in [0.1, 0.15) is 0 Å². The van der Waals surface area contributed by atoms with Crippen molar-refractivity contribution in [3.05, 3.63) is 0 Å². The molecule has 0 atom stereocenters. The van der Waals surface area contributed by atoms with Crippen LogP contribution in [0.5, 0.6) is 0 Å². The van der Waals surface area contributed by atoms with E-state index in [2.05, 4.69) is 0 Å². The molecule has 18 valence electrons. The fourth-order valence-electron chi connectivity index (χ4n) is 0. The quantitative estimate of drug-likeness (QED) is 0.285. The van der Waals surface area contributed by atoms with Crippen LogP contribution < -0.4 is 50.1 Å². The SMILES string of the molecule is [BH4-].[Cl-].[Li+].[Li+].[Zn]. The molecule has 0 unspecified atom stereocenters. The van der Waals surface area contributed by atoms with Gasteiger partial charge in [0.25, 0.3) is 0 Å². The molecule has 0 nitrogen and oxygen atoms in total.